The minimum Gasteiger partial charge on any atom is -0.465 e. The van der Waals surface area contributed by atoms with Crippen molar-refractivity contribution in [3.05, 3.63) is 119 Å². The van der Waals surface area contributed by atoms with Crippen LogP contribution in [0.2, 0.25) is 10.0 Å². The highest BCUT2D eigenvalue weighted by Gasteiger charge is 2.34. The summed E-state index contributed by atoms with van der Waals surface area (Å²) in [7, 11) is -3.92. The van der Waals surface area contributed by atoms with Gasteiger partial charge in [0.1, 0.15) is 12.4 Å². The Balaban J connectivity index is 1.13. The number of rotatable bonds is 7. The molecule has 0 saturated carbocycles. The molecule has 0 spiro atoms. The number of hydrogen-bond acceptors (Lipinski definition) is 6. The number of nitrogens with zero attached hydrogens (tertiary/aromatic N) is 5. The van der Waals surface area contributed by atoms with Gasteiger partial charge in [-0.15, -0.1) is 0 Å². The third-order valence-electron chi connectivity index (χ3n) is 8.65. The van der Waals surface area contributed by atoms with E-state index in [1.54, 1.807) is 36.4 Å². The number of aromatic nitrogens is 2. The van der Waals surface area contributed by atoms with Gasteiger partial charge in [0.2, 0.25) is 0 Å². The van der Waals surface area contributed by atoms with Gasteiger partial charge in [-0.1, -0.05) is 59.6 Å². The summed E-state index contributed by atoms with van der Waals surface area (Å²) in [6, 6.07) is 28.7. The second-order valence-electron chi connectivity index (χ2n) is 11.8. The summed E-state index contributed by atoms with van der Waals surface area (Å²) in [6.07, 6.45) is 1.50. The average Bonchev–Trinajstić information content (AvgIpc) is 3.63. The molecule has 0 bridgehead atoms. The van der Waals surface area contributed by atoms with Crippen LogP contribution in [-0.4, -0.2) is 72.7 Å². The Bertz CT molecular complexity index is 2150. The lowest BCUT2D eigenvalue weighted by Crippen LogP contribution is -2.48. The van der Waals surface area contributed by atoms with Crippen LogP contribution in [-0.2, 0) is 21.4 Å². The molecule has 0 aliphatic carbocycles. The van der Waals surface area contributed by atoms with Gasteiger partial charge in [-0.05, 0) is 71.3 Å². The first-order valence-corrected chi connectivity index (χ1v) is 17.6. The monoisotopic (exact) mass is 716 g/mol. The molecule has 2 aliphatic rings. The van der Waals surface area contributed by atoms with Gasteiger partial charge in [-0.3, -0.25) is 4.79 Å². The summed E-state index contributed by atoms with van der Waals surface area (Å²) in [5.74, 6) is 0.154. The zero-order valence-corrected chi connectivity index (χ0v) is 28.3. The Morgan fingerprint density at radius 2 is 1.43 bits per heavy atom. The molecule has 2 saturated heterocycles. The summed E-state index contributed by atoms with van der Waals surface area (Å²) >= 11 is 12.7. The van der Waals surface area contributed by atoms with Gasteiger partial charge in [0, 0.05) is 60.8 Å². The molecule has 49 heavy (non-hydrogen) atoms. The molecule has 3 heterocycles. The second-order valence-corrected chi connectivity index (χ2v) is 14.2. The van der Waals surface area contributed by atoms with E-state index in [4.69, 9.17) is 28.2 Å². The maximum atomic E-state index is 12.4. The summed E-state index contributed by atoms with van der Waals surface area (Å²) in [4.78, 5) is 31.6. The normalized spacial score (nSPS) is 15.8. The third-order valence-corrected chi connectivity index (χ3v) is 10.6. The van der Waals surface area contributed by atoms with Gasteiger partial charge in [-0.25, -0.2) is 18.8 Å². The van der Waals surface area contributed by atoms with E-state index in [0.29, 0.717) is 54.0 Å². The van der Waals surface area contributed by atoms with E-state index in [-0.39, 0.29) is 6.54 Å². The first-order chi connectivity index (χ1) is 23.5. The molecule has 11 nitrogen and oxygen atoms in total. The Hall–Kier alpha value is -5.04. The van der Waals surface area contributed by atoms with E-state index < -0.39 is 22.2 Å². The molecule has 1 aromatic heterocycles. The number of carbonyl (C=O) groups is 2. The van der Waals surface area contributed by atoms with E-state index in [1.807, 2.05) is 21.6 Å². The summed E-state index contributed by atoms with van der Waals surface area (Å²) in [5.41, 5.74) is 6.71. The highest BCUT2D eigenvalue weighted by atomic mass is 35.5. The lowest BCUT2D eigenvalue weighted by atomic mass is 10.0. The van der Waals surface area contributed by atoms with Crippen molar-refractivity contribution < 1.29 is 23.1 Å². The van der Waals surface area contributed by atoms with Crippen LogP contribution in [0.4, 0.5) is 16.2 Å². The smallest absolute Gasteiger partial charge is 0.407 e. The van der Waals surface area contributed by atoms with Crippen molar-refractivity contribution in [2.45, 2.75) is 6.42 Å². The van der Waals surface area contributed by atoms with Gasteiger partial charge in [0.05, 0.1) is 16.4 Å². The van der Waals surface area contributed by atoms with Crippen LogP contribution in [0.3, 0.4) is 0 Å². The molecule has 0 radical (unpaired) electrons. The average molecular weight is 718 g/mol. The molecule has 5 aromatic rings. The zero-order chi connectivity index (χ0) is 34.3. The van der Waals surface area contributed by atoms with Crippen molar-refractivity contribution in [3.8, 4) is 28.1 Å². The lowest BCUT2D eigenvalue weighted by molar-refractivity contribution is -0.117. The van der Waals surface area contributed by atoms with Gasteiger partial charge in [0.15, 0.2) is 0 Å². The number of anilines is 2. The highest BCUT2D eigenvalue weighted by molar-refractivity contribution is 7.92. The number of halogens is 2. The first-order valence-electron chi connectivity index (χ1n) is 15.4. The number of amides is 2. The minimum atomic E-state index is -3.92. The topological polar surface area (TPSA) is 128 Å². The first kappa shape index (κ1) is 32.5. The van der Waals surface area contributed by atoms with Crippen molar-refractivity contribution >= 4 is 56.8 Å². The molecule has 2 amide bonds. The fourth-order valence-electron chi connectivity index (χ4n) is 6.07. The minimum absolute atomic E-state index is 0.275. The van der Waals surface area contributed by atoms with E-state index in [0.717, 1.165) is 43.8 Å². The third kappa shape index (κ3) is 6.80. The van der Waals surface area contributed by atoms with Gasteiger partial charge >= 0.3 is 16.3 Å². The van der Waals surface area contributed by atoms with Crippen molar-refractivity contribution in [2.24, 2.45) is 0 Å². The van der Waals surface area contributed by atoms with E-state index >= 15 is 0 Å². The van der Waals surface area contributed by atoms with Crippen molar-refractivity contribution in [1.82, 2.24) is 19.2 Å². The summed E-state index contributed by atoms with van der Waals surface area (Å²) in [6.45, 7) is 2.01. The number of hydrogen-bond donors (Lipinski definition) is 2. The molecule has 2 fully saturated rings. The van der Waals surface area contributed by atoms with Gasteiger partial charge < -0.3 is 19.5 Å². The standard InChI is InChI=1S/C35H30Cl2N6O5S/c36-26-7-14-30(31(37)20-26)32-21-42(28-10-12-29(13-11-28)43-22-34(44)39-49(43,47)48)33(38-32)19-23-1-3-24(4-2-23)25-5-8-27(9-6-25)40-15-17-41(18-16-40)35(45)46/h1-14,20-21H,15-19,22H2,(H,39,44)(H,45,46). The molecule has 0 unspecified atom stereocenters. The van der Waals surface area contributed by atoms with E-state index in [2.05, 4.69) is 53.4 Å². The van der Waals surface area contributed by atoms with Crippen LogP contribution in [0.1, 0.15) is 11.4 Å². The maximum absolute atomic E-state index is 12.4. The van der Waals surface area contributed by atoms with Gasteiger partial charge in [-0.2, -0.15) is 8.42 Å². The van der Waals surface area contributed by atoms with Gasteiger partial charge in [0.25, 0.3) is 5.91 Å². The Morgan fingerprint density at radius 3 is 2.02 bits per heavy atom. The predicted octanol–water partition coefficient (Wildman–Crippen LogP) is 6.08. The Labute approximate surface area is 293 Å². The number of benzene rings is 4. The maximum Gasteiger partial charge on any atom is 0.407 e. The van der Waals surface area contributed by atoms with E-state index in [1.165, 1.54) is 4.90 Å². The fourth-order valence-corrected chi connectivity index (χ4v) is 7.72. The highest BCUT2D eigenvalue weighted by Crippen LogP contribution is 2.32. The molecule has 250 valence electrons. The SMILES string of the molecule is O=C1CN(c2ccc(-n3cc(-c4ccc(Cl)cc4Cl)nc3Cc3ccc(-c4ccc(N5CCN(C(=O)O)CC5)cc4)cc3)cc2)S(=O)(=O)N1. The van der Waals surface area contributed by atoms with E-state index in [9.17, 15) is 23.1 Å². The van der Waals surface area contributed by atoms with Crippen molar-refractivity contribution in [1.29, 1.82) is 0 Å². The number of carbonyl (C=O) groups excluding carboxylic acids is 1. The van der Waals surface area contributed by atoms with Crippen LogP contribution < -0.4 is 13.9 Å². The van der Waals surface area contributed by atoms with Crippen LogP contribution in [0, 0.1) is 0 Å². The molecule has 14 heteroatoms. The van der Waals surface area contributed by atoms with Crippen molar-refractivity contribution in [2.75, 3.05) is 41.9 Å². The van der Waals surface area contributed by atoms with Crippen LogP contribution in [0.5, 0.6) is 0 Å². The summed E-state index contributed by atoms with van der Waals surface area (Å²) < 4.78 is 29.7. The predicted molar refractivity (Wildman–Crippen MR) is 190 cm³/mol. The lowest BCUT2D eigenvalue weighted by Gasteiger charge is -2.34. The molecular weight excluding hydrogens is 687 g/mol. The quantitative estimate of drug-likeness (QED) is 0.209. The van der Waals surface area contributed by atoms with Crippen LogP contribution in [0.25, 0.3) is 28.1 Å². The Morgan fingerprint density at radius 1 is 0.816 bits per heavy atom. The van der Waals surface area contributed by atoms with Crippen LogP contribution in [0.15, 0.2) is 97.2 Å². The number of carboxylic acid groups (broad SMARTS) is 1. The number of piperazine rings is 1. The zero-order valence-electron chi connectivity index (χ0n) is 26.0. The molecule has 2 aliphatic heterocycles. The Kier molecular flexibility index (Phi) is 8.70. The molecule has 7 rings (SSSR count). The second kappa shape index (κ2) is 13.1. The summed E-state index contributed by atoms with van der Waals surface area (Å²) in [5, 5.41) is 10.2. The van der Waals surface area contributed by atoms with Crippen molar-refractivity contribution in [3.63, 3.8) is 0 Å². The molecule has 4 aromatic carbocycles. The fraction of sp³-hybridized carbons (Fsp3) is 0.171. The molecule has 2 N–H and O–H groups in total. The van der Waals surface area contributed by atoms with Crippen LogP contribution >= 0.6 is 23.2 Å². The largest absolute Gasteiger partial charge is 0.465 e. The molecule has 0 atom stereocenters. The number of imidazole rings is 1. The molecular formula is C35H30Cl2N6O5S. The number of nitrogens with one attached hydrogen (secondary N) is 1.